The van der Waals surface area contributed by atoms with E-state index in [-0.39, 0.29) is 6.61 Å². The lowest BCUT2D eigenvalue weighted by Gasteiger charge is -2.29. The lowest BCUT2D eigenvalue weighted by Crippen LogP contribution is -2.46. The summed E-state index contributed by atoms with van der Waals surface area (Å²) in [6, 6.07) is 0. The molecule has 0 rings (SSSR count). The van der Waals surface area contributed by atoms with Gasteiger partial charge in [0.1, 0.15) is 0 Å². The molecule has 1 unspecified atom stereocenters. The van der Waals surface area contributed by atoms with Crippen molar-refractivity contribution in [3.63, 3.8) is 0 Å². The molecule has 0 aromatic carbocycles. The Morgan fingerprint density at radius 1 is 1.30 bits per heavy atom. The SMILES string of the molecule is CC(C)(O)CC(C)(N)CO. The van der Waals surface area contributed by atoms with Crippen LogP contribution in [-0.2, 0) is 0 Å². The average Bonchev–Trinajstić information content (AvgIpc) is 1.60. The second-order valence-electron chi connectivity index (χ2n) is 3.80. The van der Waals surface area contributed by atoms with E-state index >= 15 is 0 Å². The maximum atomic E-state index is 9.29. The fraction of sp³-hybridized carbons (Fsp3) is 1.00. The van der Waals surface area contributed by atoms with E-state index in [9.17, 15) is 5.11 Å². The van der Waals surface area contributed by atoms with Crippen LogP contribution in [0.5, 0.6) is 0 Å². The van der Waals surface area contributed by atoms with Gasteiger partial charge in [-0.1, -0.05) is 0 Å². The van der Waals surface area contributed by atoms with Gasteiger partial charge in [0.05, 0.1) is 12.2 Å². The summed E-state index contributed by atoms with van der Waals surface area (Å²) in [6.07, 6.45) is 0.399. The third-order valence-corrected chi connectivity index (χ3v) is 1.20. The summed E-state index contributed by atoms with van der Waals surface area (Å²) in [7, 11) is 0. The van der Waals surface area contributed by atoms with Gasteiger partial charge in [-0.05, 0) is 27.2 Å². The van der Waals surface area contributed by atoms with Crippen molar-refractivity contribution in [1.29, 1.82) is 0 Å². The van der Waals surface area contributed by atoms with E-state index in [4.69, 9.17) is 10.8 Å². The van der Waals surface area contributed by atoms with Gasteiger partial charge in [-0.15, -0.1) is 0 Å². The first-order chi connectivity index (χ1) is 4.27. The molecule has 0 aliphatic carbocycles. The molecule has 0 aliphatic heterocycles. The summed E-state index contributed by atoms with van der Waals surface area (Å²) in [5.74, 6) is 0. The van der Waals surface area contributed by atoms with E-state index in [0.29, 0.717) is 6.42 Å². The number of hydrogen-bond acceptors (Lipinski definition) is 3. The molecule has 1 atom stereocenters. The lowest BCUT2D eigenvalue weighted by molar-refractivity contribution is 0.0346. The van der Waals surface area contributed by atoms with E-state index in [2.05, 4.69) is 0 Å². The zero-order valence-electron chi connectivity index (χ0n) is 6.89. The van der Waals surface area contributed by atoms with E-state index in [1.165, 1.54) is 0 Å². The Morgan fingerprint density at radius 3 is 1.80 bits per heavy atom. The number of aliphatic hydroxyl groups is 2. The molecule has 10 heavy (non-hydrogen) atoms. The number of nitrogens with two attached hydrogens (primary N) is 1. The van der Waals surface area contributed by atoms with Crippen LogP contribution in [-0.4, -0.2) is 28.0 Å². The Hall–Kier alpha value is -0.120. The smallest absolute Gasteiger partial charge is 0.0610 e. The van der Waals surface area contributed by atoms with Gasteiger partial charge in [-0.3, -0.25) is 0 Å². The second kappa shape index (κ2) is 2.86. The molecule has 0 amide bonds. The second-order valence-corrected chi connectivity index (χ2v) is 3.80. The van der Waals surface area contributed by atoms with Crippen LogP contribution in [0.25, 0.3) is 0 Å². The molecule has 0 saturated heterocycles. The van der Waals surface area contributed by atoms with Crippen molar-refractivity contribution in [2.75, 3.05) is 6.61 Å². The van der Waals surface area contributed by atoms with Crippen LogP contribution in [0.4, 0.5) is 0 Å². The van der Waals surface area contributed by atoms with E-state index < -0.39 is 11.1 Å². The van der Waals surface area contributed by atoms with Crippen molar-refractivity contribution < 1.29 is 10.2 Å². The summed E-state index contributed by atoms with van der Waals surface area (Å²) < 4.78 is 0. The molecule has 62 valence electrons. The molecule has 0 bridgehead atoms. The Balaban J connectivity index is 3.89. The monoisotopic (exact) mass is 147 g/mol. The summed E-state index contributed by atoms with van der Waals surface area (Å²) in [6.45, 7) is 4.96. The zero-order valence-corrected chi connectivity index (χ0v) is 6.89. The molecule has 3 nitrogen and oxygen atoms in total. The highest BCUT2D eigenvalue weighted by Crippen LogP contribution is 2.16. The first-order valence-electron chi connectivity index (χ1n) is 3.39. The number of aliphatic hydroxyl groups excluding tert-OH is 1. The van der Waals surface area contributed by atoms with Gasteiger partial charge in [0.15, 0.2) is 0 Å². The standard InChI is InChI=1S/C7H17NO2/c1-6(2,10)4-7(3,8)5-9/h9-10H,4-5,8H2,1-3H3. The predicted molar refractivity (Wildman–Crippen MR) is 40.6 cm³/mol. The first kappa shape index (κ1) is 9.88. The fourth-order valence-corrected chi connectivity index (χ4v) is 1.04. The molecule has 0 aromatic rings. The summed E-state index contributed by atoms with van der Waals surface area (Å²) in [4.78, 5) is 0. The maximum absolute atomic E-state index is 9.29. The minimum absolute atomic E-state index is 0.100. The Labute approximate surface area is 61.9 Å². The summed E-state index contributed by atoms with van der Waals surface area (Å²) in [5.41, 5.74) is 4.12. The van der Waals surface area contributed by atoms with Crippen molar-refractivity contribution in [2.24, 2.45) is 5.73 Å². The van der Waals surface area contributed by atoms with Crippen LogP contribution in [0.2, 0.25) is 0 Å². The first-order valence-corrected chi connectivity index (χ1v) is 3.39. The van der Waals surface area contributed by atoms with Gasteiger partial charge in [0.25, 0.3) is 0 Å². The van der Waals surface area contributed by atoms with Crippen LogP contribution < -0.4 is 5.73 Å². The predicted octanol–water partition coefficient (Wildman–Crippen LogP) is -0.143. The maximum Gasteiger partial charge on any atom is 0.0610 e. The molecular weight excluding hydrogens is 130 g/mol. The minimum Gasteiger partial charge on any atom is -0.394 e. The van der Waals surface area contributed by atoms with Crippen molar-refractivity contribution in [3.05, 3.63) is 0 Å². The Kier molecular flexibility index (Phi) is 2.83. The molecular formula is C7H17NO2. The third kappa shape index (κ3) is 4.73. The molecule has 0 heterocycles. The van der Waals surface area contributed by atoms with Crippen LogP contribution in [0, 0.1) is 0 Å². The van der Waals surface area contributed by atoms with Crippen LogP contribution >= 0.6 is 0 Å². The molecule has 3 heteroatoms. The highest BCUT2D eigenvalue weighted by Gasteiger charge is 2.26. The Morgan fingerprint density at radius 2 is 1.70 bits per heavy atom. The molecule has 4 N–H and O–H groups in total. The number of hydrogen-bond donors (Lipinski definition) is 3. The zero-order chi connectivity index (χ0) is 8.41. The summed E-state index contributed by atoms with van der Waals surface area (Å²) in [5, 5.41) is 18.0. The van der Waals surface area contributed by atoms with Crippen molar-refractivity contribution in [3.8, 4) is 0 Å². The van der Waals surface area contributed by atoms with E-state index in [1.807, 2.05) is 0 Å². The molecule has 0 saturated carbocycles. The van der Waals surface area contributed by atoms with Crippen molar-refractivity contribution in [1.82, 2.24) is 0 Å². The topological polar surface area (TPSA) is 66.5 Å². The molecule has 0 radical (unpaired) electrons. The highest BCUT2D eigenvalue weighted by molar-refractivity contribution is 4.84. The van der Waals surface area contributed by atoms with Crippen LogP contribution in [0.1, 0.15) is 27.2 Å². The average molecular weight is 147 g/mol. The van der Waals surface area contributed by atoms with E-state index in [1.54, 1.807) is 20.8 Å². The third-order valence-electron chi connectivity index (χ3n) is 1.20. The Bertz CT molecular complexity index is 105. The molecule has 0 aromatic heterocycles. The van der Waals surface area contributed by atoms with E-state index in [0.717, 1.165) is 0 Å². The largest absolute Gasteiger partial charge is 0.394 e. The van der Waals surface area contributed by atoms with Gasteiger partial charge in [0.2, 0.25) is 0 Å². The van der Waals surface area contributed by atoms with Crippen LogP contribution in [0.15, 0.2) is 0 Å². The van der Waals surface area contributed by atoms with Crippen LogP contribution in [0.3, 0.4) is 0 Å². The number of rotatable bonds is 3. The van der Waals surface area contributed by atoms with Gasteiger partial charge in [-0.2, -0.15) is 0 Å². The minimum atomic E-state index is -0.799. The quantitative estimate of drug-likeness (QED) is 0.520. The van der Waals surface area contributed by atoms with Gasteiger partial charge in [-0.25, -0.2) is 0 Å². The van der Waals surface area contributed by atoms with Crippen molar-refractivity contribution in [2.45, 2.75) is 38.3 Å². The molecule has 0 spiro atoms. The normalized spacial score (nSPS) is 18.6. The highest BCUT2D eigenvalue weighted by atomic mass is 16.3. The van der Waals surface area contributed by atoms with Crippen molar-refractivity contribution >= 4 is 0 Å². The van der Waals surface area contributed by atoms with Gasteiger partial charge >= 0.3 is 0 Å². The molecule has 0 fully saturated rings. The van der Waals surface area contributed by atoms with Gasteiger partial charge in [0, 0.05) is 5.54 Å². The van der Waals surface area contributed by atoms with Gasteiger partial charge < -0.3 is 15.9 Å². The lowest BCUT2D eigenvalue weighted by atomic mass is 9.90. The summed E-state index contributed by atoms with van der Waals surface area (Å²) >= 11 is 0. The molecule has 0 aliphatic rings. The fourth-order valence-electron chi connectivity index (χ4n) is 1.04.